The van der Waals surface area contributed by atoms with Crippen molar-refractivity contribution < 1.29 is 32.3 Å². The zero-order valence-corrected chi connectivity index (χ0v) is 21.6. The smallest absolute Gasteiger partial charge is 0.456 e. The molecular formula is C26H24N2O7S2. The maximum Gasteiger partial charge on any atom is 0.507 e. The van der Waals surface area contributed by atoms with Crippen LogP contribution in [0.5, 0.6) is 0 Å². The largest absolute Gasteiger partial charge is 0.507 e. The van der Waals surface area contributed by atoms with E-state index >= 15 is 0 Å². The number of carbonyl (C=O) groups excluding carboxylic acids is 1. The zero-order valence-electron chi connectivity index (χ0n) is 20.0. The molecule has 1 saturated heterocycles. The number of anilines is 1. The van der Waals surface area contributed by atoms with Crippen molar-refractivity contribution in [3.63, 3.8) is 0 Å². The van der Waals surface area contributed by atoms with E-state index in [-0.39, 0.29) is 17.3 Å². The Labute approximate surface area is 217 Å². The van der Waals surface area contributed by atoms with Crippen LogP contribution in [0.15, 0.2) is 76.0 Å². The molecule has 5 rings (SSSR count). The Bertz CT molecular complexity index is 1610. The molecule has 0 radical (unpaired) electrons. The number of thioether (sulfide) groups is 1. The van der Waals surface area contributed by atoms with Crippen molar-refractivity contribution in [2.75, 3.05) is 17.6 Å². The third-order valence-corrected chi connectivity index (χ3v) is 9.37. The van der Waals surface area contributed by atoms with Gasteiger partial charge in [0.05, 0.1) is 9.64 Å². The Balaban J connectivity index is 1.49. The van der Waals surface area contributed by atoms with E-state index in [1.807, 2.05) is 6.07 Å². The molecular weight excluding hydrogens is 516 g/mol. The molecule has 192 valence electrons. The van der Waals surface area contributed by atoms with Crippen molar-refractivity contribution in [2.24, 2.45) is 0 Å². The standard InChI is InChI=1S/C26H24N2O7S2/c1-26(2)24(35-25(30)31)28(12-13-36-26)37(32,33)18-9-11-21-20(15-18)19-10-8-17(14-22(19)34-21)27-23(29)16-6-4-3-5-7-16/h3-11,14-15,24H,12-13H2,1-2H3,(H,27,29)(H,30,31)/t24-/m0/s1. The van der Waals surface area contributed by atoms with Gasteiger partial charge in [-0.25, -0.2) is 13.2 Å². The molecule has 37 heavy (non-hydrogen) atoms. The first-order valence-corrected chi connectivity index (χ1v) is 13.9. The van der Waals surface area contributed by atoms with Crippen LogP contribution in [0, 0.1) is 0 Å². The highest BCUT2D eigenvalue weighted by Crippen LogP contribution is 2.40. The maximum absolute atomic E-state index is 13.6. The summed E-state index contributed by atoms with van der Waals surface area (Å²) in [5.74, 6) is 0.241. The highest BCUT2D eigenvalue weighted by molar-refractivity contribution is 8.00. The lowest BCUT2D eigenvalue weighted by atomic mass is 10.1. The van der Waals surface area contributed by atoms with Crippen LogP contribution in [0.1, 0.15) is 24.2 Å². The zero-order chi connectivity index (χ0) is 26.4. The van der Waals surface area contributed by atoms with Gasteiger partial charge in [0.1, 0.15) is 11.2 Å². The number of hydrogen-bond donors (Lipinski definition) is 2. The third kappa shape index (κ3) is 4.77. The van der Waals surface area contributed by atoms with Crippen molar-refractivity contribution in [1.29, 1.82) is 0 Å². The maximum atomic E-state index is 13.6. The molecule has 0 bridgehead atoms. The van der Waals surface area contributed by atoms with Crippen LogP contribution in [-0.2, 0) is 14.8 Å². The Morgan fingerprint density at radius 3 is 2.54 bits per heavy atom. The Morgan fingerprint density at radius 1 is 1.05 bits per heavy atom. The minimum absolute atomic E-state index is 0.00541. The lowest BCUT2D eigenvalue weighted by Crippen LogP contribution is -2.56. The Hall–Kier alpha value is -3.54. The molecule has 1 atom stereocenters. The predicted octanol–water partition coefficient (Wildman–Crippen LogP) is 5.38. The summed E-state index contributed by atoms with van der Waals surface area (Å²) in [5, 5.41) is 13.3. The summed E-state index contributed by atoms with van der Waals surface area (Å²) in [6, 6.07) is 18.5. The van der Waals surface area contributed by atoms with Crippen LogP contribution in [0.3, 0.4) is 0 Å². The Kier molecular flexibility index (Phi) is 6.38. The van der Waals surface area contributed by atoms with Crippen LogP contribution >= 0.6 is 11.8 Å². The molecule has 1 aliphatic rings. The molecule has 2 heterocycles. The van der Waals surface area contributed by atoms with Crippen molar-refractivity contribution in [3.8, 4) is 0 Å². The van der Waals surface area contributed by atoms with Crippen molar-refractivity contribution in [1.82, 2.24) is 4.31 Å². The molecule has 1 amide bonds. The van der Waals surface area contributed by atoms with Gasteiger partial charge < -0.3 is 19.6 Å². The molecule has 4 aromatic rings. The average Bonchev–Trinajstić information content (AvgIpc) is 3.22. The highest BCUT2D eigenvalue weighted by Gasteiger charge is 2.47. The molecule has 0 saturated carbocycles. The SMILES string of the molecule is CC1(C)SCCN(S(=O)(=O)c2ccc3oc4cc(NC(=O)c5ccccc5)ccc4c3c2)[C@H]1OC(=O)O. The number of benzene rings is 3. The van der Waals surface area contributed by atoms with E-state index in [0.29, 0.717) is 38.9 Å². The van der Waals surface area contributed by atoms with Gasteiger partial charge in [-0.3, -0.25) is 4.79 Å². The van der Waals surface area contributed by atoms with E-state index < -0.39 is 27.2 Å². The number of amides is 1. The van der Waals surface area contributed by atoms with Crippen molar-refractivity contribution >= 4 is 61.5 Å². The van der Waals surface area contributed by atoms with Crippen molar-refractivity contribution in [2.45, 2.75) is 29.7 Å². The fraction of sp³-hybridized carbons (Fsp3) is 0.231. The second-order valence-corrected chi connectivity index (χ2v) is 12.7. The quantitative estimate of drug-likeness (QED) is 0.323. The molecule has 3 aromatic carbocycles. The van der Waals surface area contributed by atoms with Gasteiger partial charge in [0, 0.05) is 40.4 Å². The number of carboxylic acid groups (broad SMARTS) is 1. The second kappa shape index (κ2) is 9.40. The van der Waals surface area contributed by atoms with Crippen LogP contribution in [-0.4, -0.2) is 53.2 Å². The molecule has 0 spiro atoms. The number of furan rings is 1. The number of sulfonamides is 1. The molecule has 1 aromatic heterocycles. The minimum Gasteiger partial charge on any atom is -0.456 e. The first-order chi connectivity index (χ1) is 17.6. The van der Waals surface area contributed by atoms with E-state index in [1.165, 1.54) is 23.9 Å². The van der Waals surface area contributed by atoms with Gasteiger partial charge >= 0.3 is 6.16 Å². The fourth-order valence-corrected chi connectivity index (χ4v) is 7.38. The molecule has 2 N–H and O–H groups in total. The first-order valence-electron chi connectivity index (χ1n) is 11.4. The number of carbonyl (C=O) groups is 2. The number of nitrogens with zero attached hydrogens (tertiary/aromatic N) is 1. The summed E-state index contributed by atoms with van der Waals surface area (Å²) in [4.78, 5) is 23.8. The molecule has 1 aliphatic heterocycles. The molecule has 0 aliphatic carbocycles. The normalized spacial score (nSPS) is 18.1. The summed E-state index contributed by atoms with van der Waals surface area (Å²) in [5.41, 5.74) is 2.02. The number of ether oxygens (including phenoxy) is 1. The topological polar surface area (TPSA) is 126 Å². The van der Waals surface area contributed by atoms with E-state index in [1.54, 1.807) is 62.4 Å². The third-order valence-electron chi connectivity index (χ3n) is 6.20. The summed E-state index contributed by atoms with van der Waals surface area (Å²) >= 11 is 1.46. The van der Waals surface area contributed by atoms with E-state index in [9.17, 15) is 23.1 Å². The highest BCUT2D eigenvalue weighted by atomic mass is 32.2. The average molecular weight is 541 g/mol. The molecule has 0 unspecified atom stereocenters. The van der Waals surface area contributed by atoms with Crippen LogP contribution in [0.4, 0.5) is 10.5 Å². The molecule has 1 fully saturated rings. The van der Waals surface area contributed by atoms with E-state index in [2.05, 4.69) is 5.32 Å². The lowest BCUT2D eigenvalue weighted by molar-refractivity contribution is -0.0166. The minimum atomic E-state index is -4.09. The summed E-state index contributed by atoms with van der Waals surface area (Å²) in [6.07, 6.45) is -2.71. The van der Waals surface area contributed by atoms with Gasteiger partial charge in [-0.15, -0.1) is 11.8 Å². The van der Waals surface area contributed by atoms with Gasteiger partial charge in [-0.1, -0.05) is 18.2 Å². The van der Waals surface area contributed by atoms with Crippen LogP contribution in [0.2, 0.25) is 0 Å². The van der Waals surface area contributed by atoms with Crippen molar-refractivity contribution in [3.05, 3.63) is 72.3 Å². The van der Waals surface area contributed by atoms with E-state index in [0.717, 1.165) is 4.31 Å². The summed E-state index contributed by atoms with van der Waals surface area (Å²) in [7, 11) is -4.09. The number of hydrogen-bond acceptors (Lipinski definition) is 7. The lowest BCUT2D eigenvalue weighted by Gasteiger charge is -2.43. The predicted molar refractivity (Wildman–Crippen MR) is 141 cm³/mol. The monoisotopic (exact) mass is 540 g/mol. The van der Waals surface area contributed by atoms with Gasteiger partial charge in [0.15, 0.2) is 6.23 Å². The second-order valence-electron chi connectivity index (χ2n) is 9.09. The molecule has 11 heteroatoms. The van der Waals surface area contributed by atoms with Crippen LogP contribution < -0.4 is 5.32 Å². The van der Waals surface area contributed by atoms with Gasteiger partial charge in [-0.05, 0) is 56.3 Å². The number of fused-ring (bicyclic) bond motifs is 3. The first kappa shape index (κ1) is 25.1. The number of rotatable bonds is 5. The van der Waals surface area contributed by atoms with Gasteiger partial charge in [0.2, 0.25) is 10.0 Å². The van der Waals surface area contributed by atoms with E-state index in [4.69, 9.17) is 9.15 Å². The summed E-state index contributed by atoms with van der Waals surface area (Å²) < 4.78 is 38.6. The fourth-order valence-electron chi connectivity index (χ4n) is 4.40. The molecule has 9 nitrogen and oxygen atoms in total. The van der Waals surface area contributed by atoms with Gasteiger partial charge in [0.25, 0.3) is 5.91 Å². The van der Waals surface area contributed by atoms with Gasteiger partial charge in [-0.2, -0.15) is 4.31 Å². The number of nitrogens with one attached hydrogen (secondary N) is 1. The van der Waals surface area contributed by atoms with Crippen LogP contribution in [0.25, 0.3) is 21.9 Å². The Morgan fingerprint density at radius 2 is 1.81 bits per heavy atom. The summed E-state index contributed by atoms with van der Waals surface area (Å²) in [6.45, 7) is 3.63.